The van der Waals surface area contributed by atoms with Crippen LogP contribution in [0.1, 0.15) is 9.67 Å². The van der Waals surface area contributed by atoms with E-state index in [9.17, 15) is 4.79 Å². The van der Waals surface area contributed by atoms with E-state index in [-0.39, 0.29) is 5.91 Å². The molecule has 28 heavy (non-hydrogen) atoms. The molecule has 2 aliphatic rings. The maximum absolute atomic E-state index is 13.4. The Hall–Kier alpha value is -2.21. The van der Waals surface area contributed by atoms with Gasteiger partial charge in [0.05, 0.1) is 5.69 Å². The molecule has 2 aliphatic heterocycles. The van der Waals surface area contributed by atoms with E-state index in [2.05, 4.69) is 5.32 Å². The predicted molar refractivity (Wildman–Crippen MR) is 114 cm³/mol. The third-order valence-electron chi connectivity index (χ3n) is 5.64. The standard InChI is InChI=1S/C22H20ClN3OS/c23-18-8-6-14(7-9-18)19-20(28-21(25-19)15-4-2-1-3-5-15)22(27)26-12-16-10-24-11-17(16)13-26/h1-9,16-17,24H,10-13H2. The highest BCUT2D eigenvalue weighted by molar-refractivity contribution is 7.17. The minimum atomic E-state index is 0.0963. The lowest BCUT2D eigenvalue weighted by atomic mass is 10.0. The van der Waals surface area contributed by atoms with Gasteiger partial charge in [0, 0.05) is 42.3 Å². The minimum Gasteiger partial charge on any atom is -0.337 e. The van der Waals surface area contributed by atoms with Gasteiger partial charge in [-0.25, -0.2) is 4.98 Å². The Labute approximate surface area is 173 Å². The molecule has 2 saturated heterocycles. The van der Waals surface area contributed by atoms with Crippen molar-refractivity contribution in [3.63, 3.8) is 0 Å². The van der Waals surface area contributed by atoms with E-state index in [1.54, 1.807) is 0 Å². The first-order valence-corrected chi connectivity index (χ1v) is 10.7. The number of carbonyl (C=O) groups is 1. The van der Waals surface area contributed by atoms with Crippen LogP contribution in [0.2, 0.25) is 5.02 Å². The maximum atomic E-state index is 13.4. The Morgan fingerprint density at radius 2 is 1.68 bits per heavy atom. The van der Waals surface area contributed by atoms with E-state index in [0.717, 1.165) is 48.0 Å². The van der Waals surface area contributed by atoms with Crippen LogP contribution in [0.3, 0.4) is 0 Å². The molecular weight excluding hydrogens is 390 g/mol. The summed E-state index contributed by atoms with van der Waals surface area (Å²) in [6.45, 7) is 3.68. The fraction of sp³-hybridized carbons (Fsp3) is 0.273. The quantitative estimate of drug-likeness (QED) is 0.696. The summed E-state index contributed by atoms with van der Waals surface area (Å²) in [6.07, 6.45) is 0. The summed E-state index contributed by atoms with van der Waals surface area (Å²) in [4.78, 5) is 21.0. The van der Waals surface area contributed by atoms with Crippen molar-refractivity contribution in [2.45, 2.75) is 0 Å². The Balaban J connectivity index is 1.54. The molecule has 1 amide bonds. The number of halogens is 1. The molecule has 1 N–H and O–H groups in total. The van der Waals surface area contributed by atoms with Crippen LogP contribution in [0.15, 0.2) is 54.6 Å². The average Bonchev–Trinajstić information content (AvgIpc) is 3.43. The van der Waals surface area contributed by atoms with E-state index in [4.69, 9.17) is 16.6 Å². The number of benzene rings is 2. The van der Waals surface area contributed by atoms with Crippen molar-refractivity contribution in [1.82, 2.24) is 15.2 Å². The fourth-order valence-electron chi connectivity index (χ4n) is 4.14. The zero-order chi connectivity index (χ0) is 19.1. The second kappa shape index (κ2) is 7.32. The molecule has 2 fully saturated rings. The monoisotopic (exact) mass is 409 g/mol. The predicted octanol–water partition coefficient (Wildman–Crippen LogP) is 4.42. The van der Waals surface area contributed by atoms with Crippen molar-refractivity contribution >= 4 is 28.8 Å². The molecule has 1 aromatic heterocycles. The third kappa shape index (κ3) is 3.24. The van der Waals surface area contributed by atoms with Crippen molar-refractivity contribution in [3.05, 3.63) is 64.5 Å². The number of amides is 1. The topological polar surface area (TPSA) is 45.2 Å². The molecule has 4 nitrogen and oxygen atoms in total. The van der Waals surface area contributed by atoms with Crippen molar-refractivity contribution in [2.24, 2.45) is 11.8 Å². The number of hydrogen-bond acceptors (Lipinski definition) is 4. The molecule has 5 rings (SSSR count). The summed E-state index contributed by atoms with van der Waals surface area (Å²) in [7, 11) is 0. The fourth-order valence-corrected chi connectivity index (χ4v) is 5.32. The van der Waals surface area contributed by atoms with Gasteiger partial charge >= 0.3 is 0 Å². The number of aromatic nitrogens is 1. The van der Waals surface area contributed by atoms with Gasteiger partial charge in [0.1, 0.15) is 9.88 Å². The molecule has 0 bridgehead atoms. The number of rotatable bonds is 3. The van der Waals surface area contributed by atoms with Gasteiger partial charge in [-0.3, -0.25) is 4.79 Å². The number of hydrogen-bond donors (Lipinski definition) is 1. The summed E-state index contributed by atoms with van der Waals surface area (Å²) in [6, 6.07) is 17.6. The molecule has 0 spiro atoms. The average molecular weight is 410 g/mol. The number of nitrogens with one attached hydrogen (secondary N) is 1. The number of fused-ring (bicyclic) bond motifs is 1. The van der Waals surface area contributed by atoms with E-state index in [1.165, 1.54) is 11.3 Å². The largest absolute Gasteiger partial charge is 0.337 e. The van der Waals surface area contributed by atoms with Gasteiger partial charge in [-0.15, -0.1) is 11.3 Å². The highest BCUT2D eigenvalue weighted by Crippen LogP contribution is 2.37. The van der Waals surface area contributed by atoms with Crippen LogP contribution in [0, 0.1) is 11.8 Å². The van der Waals surface area contributed by atoms with Gasteiger partial charge in [-0.1, -0.05) is 54.1 Å². The molecule has 2 atom stereocenters. The van der Waals surface area contributed by atoms with Crippen LogP contribution in [0.5, 0.6) is 0 Å². The smallest absolute Gasteiger partial charge is 0.266 e. The lowest BCUT2D eigenvalue weighted by Crippen LogP contribution is -2.31. The normalized spacial score (nSPS) is 21.1. The summed E-state index contributed by atoms with van der Waals surface area (Å²) in [5.74, 6) is 1.24. The van der Waals surface area contributed by atoms with E-state index in [1.807, 2.05) is 59.5 Å². The minimum absolute atomic E-state index is 0.0963. The van der Waals surface area contributed by atoms with Gasteiger partial charge < -0.3 is 10.2 Å². The first kappa shape index (κ1) is 17.9. The van der Waals surface area contributed by atoms with Gasteiger partial charge in [0.2, 0.25) is 0 Å². The molecule has 0 saturated carbocycles. The molecule has 2 unspecified atom stereocenters. The van der Waals surface area contributed by atoms with Crippen LogP contribution < -0.4 is 5.32 Å². The third-order valence-corrected chi connectivity index (χ3v) is 6.98. The summed E-state index contributed by atoms with van der Waals surface area (Å²) < 4.78 is 0. The second-order valence-electron chi connectivity index (χ2n) is 7.46. The lowest BCUT2D eigenvalue weighted by Gasteiger charge is -2.17. The van der Waals surface area contributed by atoms with Crippen molar-refractivity contribution < 1.29 is 4.79 Å². The second-order valence-corrected chi connectivity index (χ2v) is 8.89. The zero-order valence-corrected chi connectivity index (χ0v) is 16.8. The number of thiazole rings is 1. The highest BCUT2D eigenvalue weighted by Gasteiger charge is 2.39. The van der Waals surface area contributed by atoms with Gasteiger partial charge in [0.25, 0.3) is 5.91 Å². The first-order chi connectivity index (χ1) is 13.7. The SMILES string of the molecule is O=C(c1sc(-c2ccccc2)nc1-c1ccc(Cl)cc1)N1CC2CNCC2C1. The Bertz CT molecular complexity index is 990. The van der Waals surface area contributed by atoms with Crippen molar-refractivity contribution in [3.8, 4) is 21.8 Å². The van der Waals surface area contributed by atoms with Crippen LogP contribution in [0.4, 0.5) is 0 Å². The Morgan fingerprint density at radius 1 is 1.00 bits per heavy atom. The van der Waals surface area contributed by atoms with E-state index in [0.29, 0.717) is 21.7 Å². The molecule has 3 heterocycles. The van der Waals surface area contributed by atoms with Crippen LogP contribution in [0.25, 0.3) is 21.8 Å². The van der Waals surface area contributed by atoms with Gasteiger partial charge in [-0.05, 0) is 24.0 Å². The molecule has 0 radical (unpaired) electrons. The summed E-state index contributed by atoms with van der Waals surface area (Å²) in [5.41, 5.74) is 2.71. The highest BCUT2D eigenvalue weighted by atomic mass is 35.5. The van der Waals surface area contributed by atoms with Crippen LogP contribution in [-0.2, 0) is 0 Å². The molecule has 3 aromatic rings. The van der Waals surface area contributed by atoms with E-state index >= 15 is 0 Å². The lowest BCUT2D eigenvalue weighted by molar-refractivity contribution is 0.0787. The van der Waals surface area contributed by atoms with E-state index < -0.39 is 0 Å². The molecule has 0 aliphatic carbocycles. The molecule has 6 heteroatoms. The number of nitrogens with zero attached hydrogens (tertiary/aromatic N) is 2. The van der Waals surface area contributed by atoms with Gasteiger partial charge in [0.15, 0.2) is 0 Å². The van der Waals surface area contributed by atoms with Crippen LogP contribution >= 0.6 is 22.9 Å². The molecule has 2 aromatic carbocycles. The maximum Gasteiger partial charge on any atom is 0.266 e. The van der Waals surface area contributed by atoms with Crippen molar-refractivity contribution in [2.75, 3.05) is 26.2 Å². The Morgan fingerprint density at radius 3 is 2.36 bits per heavy atom. The number of carbonyl (C=O) groups excluding carboxylic acids is 1. The Kier molecular flexibility index (Phi) is 4.67. The molecular formula is C22H20ClN3OS. The zero-order valence-electron chi connectivity index (χ0n) is 15.3. The van der Waals surface area contributed by atoms with Crippen LogP contribution in [-0.4, -0.2) is 42.0 Å². The number of likely N-dealkylation sites (tertiary alicyclic amines) is 1. The van der Waals surface area contributed by atoms with Gasteiger partial charge in [-0.2, -0.15) is 0 Å². The van der Waals surface area contributed by atoms with Crippen molar-refractivity contribution in [1.29, 1.82) is 0 Å². The summed E-state index contributed by atoms with van der Waals surface area (Å²) in [5, 5.41) is 4.98. The summed E-state index contributed by atoms with van der Waals surface area (Å²) >= 11 is 7.55. The first-order valence-electron chi connectivity index (χ1n) is 9.51. The molecule has 142 valence electrons.